The van der Waals surface area contributed by atoms with Gasteiger partial charge in [-0.05, 0) is 61.0 Å². The van der Waals surface area contributed by atoms with E-state index in [0.717, 1.165) is 23.4 Å². The number of aromatic nitrogens is 2. The van der Waals surface area contributed by atoms with Crippen LogP contribution in [-0.2, 0) is 28.7 Å². The SMILES string of the molecule is C.COc1ccc(Nc2cc(Nc3cccc(CN(C)CC(=O)O)c3)ncn2)cc1OCCNC(=O)[C@@H](N)Cc1ccc(C(F)(F)F)cc1. The fourth-order valence-corrected chi connectivity index (χ4v) is 4.65. The lowest BCUT2D eigenvalue weighted by atomic mass is 10.0. The number of benzene rings is 3. The number of halogens is 3. The Hall–Kier alpha value is -5.41. The van der Waals surface area contributed by atoms with Gasteiger partial charge >= 0.3 is 12.1 Å². The number of carbonyl (C=O) groups excluding carboxylic acids is 1. The van der Waals surface area contributed by atoms with E-state index in [-0.39, 0.29) is 33.5 Å². The summed E-state index contributed by atoms with van der Waals surface area (Å²) in [5.41, 5.74) is 8.04. The van der Waals surface area contributed by atoms with Gasteiger partial charge in [-0.1, -0.05) is 31.7 Å². The maximum Gasteiger partial charge on any atom is 0.416 e. The number of amides is 1. The number of aliphatic carboxylic acids is 1. The summed E-state index contributed by atoms with van der Waals surface area (Å²) in [5, 5.41) is 18.1. The van der Waals surface area contributed by atoms with E-state index in [1.165, 1.54) is 25.6 Å². The summed E-state index contributed by atoms with van der Waals surface area (Å²) in [4.78, 5) is 33.7. The fourth-order valence-electron chi connectivity index (χ4n) is 4.65. The van der Waals surface area contributed by atoms with Crippen molar-refractivity contribution < 1.29 is 37.3 Å². The van der Waals surface area contributed by atoms with E-state index in [4.69, 9.17) is 20.3 Å². The molecule has 0 fully saturated rings. The second-order valence-electron chi connectivity index (χ2n) is 10.8. The molecule has 49 heavy (non-hydrogen) atoms. The van der Waals surface area contributed by atoms with E-state index >= 15 is 0 Å². The number of carbonyl (C=O) groups is 2. The first kappa shape index (κ1) is 38.0. The molecule has 0 aliphatic rings. The highest BCUT2D eigenvalue weighted by Crippen LogP contribution is 2.32. The quantitative estimate of drug-likeness (QED) is 0.0986. The summed E-state index contributed by atoms with van der Waals surface area (Å²) in [6.07, 6.45) is -2.96. The lowest BCUT2D eigenvalue weighted by Crippen LogP contribution is -2.43. The van der Waals surface area contributed by atoms with Gasteiger partial charge in [0.15, 0.2) is 11.5 Å². The molecule has 0 saturated carbocycles. The second-order valence-corrected chi connectivity index (χ2v) is 10.8. The number of carboxylic acids is 1. The number of anilines is 4. The third-order valence-corrected chi connectivity index (χ3v) is 6.89. The van der Waals surface area contributed by atoms with Gasteiger partial charge in [-0.3, -0.25) is 14.5 Å². The Morgan fingerprint density at radius 2 is 1.61 bits per heavy atom. The molecule has 0 unspecified atom stereocenters. The van der Waals surface area contributed by atoms with Gasteiger partial charge in [0, 0.05) is 30.1 Å². The number of hydrogen-bond donors (Lipinski definition) is 5. The van der Waals surface area contributed by atoms with Gasteiger partial charge in [0.2, 0.25) is 5.91 Å². The molecule has 1 amide bonds. The van der Waals surface area contributed by atoms with Gasteiger partial charge in [-0.25, -0.2) is 9.97 Å². The second kappa shape index (κ2) is 17.7. The Bertz CT molecular complexity index is 1690. The third-order valence-electron chi connectivity index (χ3n) is 6.89. The largest absolute Gasteiger partial charge is 0.493 e. The van der Waals surface area contributed by atoms with E-state index < -0.39 is 29.7 Å². The van der Waals surface area contributed by atoms with Crippen molar-refractivity contribution >= 4 is 34.9 Å². The molecule has 1 heterocycles. The van der Waals surface area contributed by atoms with Crippen LogP contribution in [0.3, 0.4) is 0 Å². The smallest absolute Gasteiger partial charge is 0.416 e. The molecule has 0 radical (unpaired) electrons. The number of nitrogens with one attached hydrogen (secondary N) is 3. The monoisotopic (exact) mass is 683 g/mol. The number of nitrogens with zero attached hydrogens (tertiary/aromatic N) is 3. The van der Waals surface area contributed by atoms with Crippen LogP contribution >= 0.6 is 0 Å². The number of ether oxygens (including phenoxy) is 2. The molecule has 12 nitrogen and oxygen atoms in total. The molecule has 1 aromatic heterocycles. The number of nitrogens with two attached hydrogens (primary N) is 1. The Balaban J connectivity index is 0.00000650. The van der Waals surface area contributed by atoms with Crippen LogP contribution in [0.2, 0.25) is 0 Å². The summed E-state index contributed by atoms with van der Waals surface area (Å²) in [6.45, 7) is 0.606. The van der Waals surface area contributed by atoms with Crippen LogP contribution in [0.1, 0.15) is 24.1 Å². The van der Waals surface area contributed by atoms with Crippen LogP contribution in [0.25, 0.3) is 0 Å². The minimum Gasteiger partial charge on any atom is -0.493 e. The van der Waals surface area contributed by atoms with Crippen molar-refractivity contribution in [2.75, 3.05) is 44.5 Å². The van der Waals surface area contributed by atoms with Crippen molar-refractivity contribution in [1.82, 2.24) is 20.2 Å². The van der Waals surface area contributed by atoms with Gasteiger partial charge in [-0.2, -0.15) is 13.2 Å². The molecule has 4 rings (SSSR count). The molecule has 0 aliphatic heterocycles. The highest BCUT2D eigenvalue weighted by atomic mass is 19.4. The molecule has 15 heteroatoms. The van der Waals surface area contributed by atoms with E-state index in [1.807, 2.05) is 24.3 Å². The van der Waals surface area contributed by atoms with E-state index in [0.29, 0.717) is 40.9 Å². The van der Waals surface area contributed by atoms with Crippen molar-refractivity contribution in [3.8, 4) is 11.5 Å². The molecule has 1 atom stereocenters. The highest BCUT2D eigenvalue weighted by Gasteiger charge is 2.30. The van der Waals surface area contributed by atoms with Gasteiger partial charge in [0.25, 0.3) is 0 Å². The Morgan fingerprint density at radius 1 is 0.939 bits per heavy atom. The van der Waals surface area contributed by atoms with E-state index in [2.05, 4.69) is 25.9 Å². The van der Waals surface area contributed by atoms with Crippen molar-refractivity contribution in [3.05, 3.63) is 95.8 Å². The highest BCUT2D eigenvalue weighted by molar-refractivity contribution is 5.81. The topological polar surface area (TPSA) is 164 Å². The molecule has 0 bridgehead atoms. The van der Waals surface area contributed by atoms with Crippen LogP contribution in [0.4, 0.5) is 36.2 Å². The van der Waals surface area contributed by atoms with Crippen LogP contribution in [0.5, 0.6) is 11.5 Å². The number of hydrogen-bond acceptors (Lipinski definition) is 10. The molecule has 4 aromatic rings. The van der Waals surface area contributed by atoms with Crippen molar-refractivity contribution in [1.29, 1.82) is 0 Å². The van der Waals surface area contributed by atoms with Crippen molar-refractivity contribution in [3.63, 3.8) is 0 Å². The average Bonchev–Trinajstić information content (AvgIpc) is 3.03. The predicted octanol–water partition coefficient (Wildman–Crippen LogP) is 5.21. The number of carboxylic acid groups (broad SMARTS) is 1. The number of alkyl halides is 3. The molecular weight excluding hydrogens is 643 g/mol. The summed E-state index contributed by atoms with van der Waals surface area (Å²) >= 11 is 0. The maximum atomic E-state index is 12.8. The molecule has 0 aliphatic carbocycles. The normalized spacial score (nSPS) is 11.7. The molecule has 6 N–H and O–H groups in total. The lowest BCUT2D eigenvalue weighted by Gasteiger charge is -2.16. The molecule has 0 saturated heterocycles. The zero-order chi connectivity index (χ0) is 34.7. The third kappa shape index (κ3) is 12.0. The van der Waals surface area contributed by atoms with Crippen molar-refractivity contribution in [2.24, 2.45) is 5.73 Å². The Morgan fingerprint density at radius 3 is 2.24 bits per heavy atom. The van der Waals surface area contributed by atoms with Crippen molar-refractivity contribution in [2.45, 2.75) is 32.6 Å². The summed E-state index contributed by atoms with van der Waals surface area (Å²) in [7, 11) is 3.23. The van der Waals surface area contributed by atoms with Gasteiger partial charge < -0.3 is 36.3 Å². The number of likely N-dealkylation sites (N-methyl/N-ethyl adjacent to an activating group) is 1. The van der Waals surface area contributed by atoms with Gasteiger partial charge in [-0.15, -0.1) is 0 Å². The van der Waals surface area contributed by atoms with Gasteiger partial charge in [0.05, 0.1) is 31.8 Å². The van der Waals surface area contributed by atoms with Crippen LogP contribution < -0.4 is 31.2 Å². The molecule has 0 spiro atoms. The van der Waals surface area contributed by atoms with E-state index in [9.17, 15) is 22.8 Å². The Kier molecular flexibility index (Phi) is 13.7. The minimum absolute atomic E-state index is 0. The molecule has 262 valence electrons. The fraction of sp³-hybridized carbons (Fsp3) is 0.294. The van der Waals surface area contributed by atoms with Crippen LogP contribution in [0.15, 0.2) is 79.1 Å². The molecule has 3 aromatic carbocycles. The van der Waals surface area contributed by atoms with Crippen LogP contribution in [-0.4, -0.2) is 71.7 Å². The zero-order valence-electron chi connectivity index (χ0n) is 26.3. The summed E-state index contributed by atoms with van der Waals surface area (Å²) < 4.78 is 49.6. The first-order chi connectivity index (χ1) is 22.9. The standard InChI is InChI=1S/C33H36F3N7O5.CH4/c1-43(19-31(44)45)18-22-4-3-5-24(14-22)41-29-17-30(40-20-39-29)42-25-10-11-27(47-2)28(16-25)48-13-12-38-32(46)26(37)15-21-6-8-23(9-7-21)33(34,35)36;/h3-11,14,16-17,20,26H,12-13,15,18-19,37H2,1-2H3,(H,38,46)(H,44,45)(H2,39,40,41,42);1H4/t26-;/m0./s1. The summed E-state index contributed by atoms with van der Waals surface area (Å²) in [5.74, 6) is 0.530. The number of rotatable bonds is 16. The average molecular weight is 684 g/mol. The Labute approximate surface area is 282 Å². The first-order valence-electron chi connectivity index (χ1n) is 14.7. The predicted molar refractivity (Wildman–Crippen MR) is 180 cm³/mol. The zero-order valence-corrected chi connectivity index (χ0v) is 26.3. The first-order valence-corrected chi connectivity index (χ1v) is 14.7. The summed E-state index contributed by atoms with van der Waals surface area (Å²) in [6, 6.07) is 18.1. The molecular formula is C34H40F3N7O5. The lowest BCUT2D eigenvalue weighted by molar-refractivity contribution is -0.138. The number of methoxy groups -OCH3 is 1. The van der Waals surface area contributed by atoms with Crippen LogP contribution in [0, 0.1) is 0 Å². The van der Waals surface area contributed by atoms with Gasteiger partial charge in [0.1, 0.15) is 24.6 Å². The minimum atomic E-state index is -4.44. The maximum absolute atomic E-state index is 12.8. The van der Waals surface area contributed by atoms with E-state index in [1.54, 1.807) is 36.2 Å².